The molecule has 1 heterocycles. The van der Waals surface area contributed by atoms with E-state index in [1.165, 1.54) is 5.57 Å². The molecule has 0 bridgehead atoms. The van der Waals surface area contributed by atoms with Gasteiger partial charge < -0.3 is 40.1 Å². The number of carbonyl (C=O) groups excluding carboxylic acids is 1. The molecule has 0 aromatic heterocycles. The number of allylic oxidation sites excluding steroid dienone is 1. The molecule has 3 aliphatic carbocycles. The van der Waals surface area contributed by atoms with Gasteiger partial charge in [-0.05, 0) is 42.9 Å². The zero-order valence-electron chi connectivity index (χ0n) is 21.1. The number of hydrogen-bond donors (Lipinski definition) is 6. The zero-order valence-corrected chi connectivity index (χ0v) is 21.1. The molecule has 200 valence electrons. The van der Waals surface area contributed by atoms with Crippen molar-refractivity contribution >= 4 is 5.78 Å². The fraction of sp³-hybridized carbons (Fsp3) is 0.885. The van der Waals surface area contributed by atoms with Crippen molar-refractivity contribution in [3.05, 3.63) is 11.6 Å². The summed E-state index contributed by atoms with van der Waals surface area (Å²) in [6.45, 7) is 7.30. The third-order valence-electron chi connectivity index (χ3n) is 9.72. The average molecular weight is 499 g/mol. The predicted octanol–water partition coefficient (Wildman–Crippen LogP) is 0.283. The van der Waals surface area contributed by atoms with Gasteiger partial charge in [0.25, 0.3) is 0 Å². The molecule has 3 fully saturated rings. The lowest BCUT2D eigenvalue weighted by atomic mass is 9.44. The standard InChI is InChI=1S/C26H42O9/c1-24(2)17-6-5-13-9-25(3,18(30)12-28)8-7-14(13)26(17,4)10-15(29)22(24)35-23-21(33)20(32)19(31)16(11-27)34-23/h9,14,16-23,27-28,30-33H,5-8,10-12H2,1-4H3/t14-,16-,17-,18?,19-,20+,21-,22+,23+,25+,26+/m1/s1. The van der Waals surface area contributed by atoms with Gasteiger partial charge in [0, 0.05) is 17.3 Å². The molecule has 0 aromatic rings. The fourth-order valence-corrected chi connectivity index (χ4v) is 7.69. The Labute approximate surface area is 206 Å². The number of hydrogen-bond acceptors (Lipinski definition) is 9. The number of ether oxygens (including phenoxy) is 2. The van der Waals surface area contributed by atoms with Crippen LogP contribution in [0.4, 0.5) is 0 Å². The number of rotatable bonds is 5. The molecule has 4 rings (SSSR count). The normalized spacial score (nSPS) is 48.5. The van der Waals surface area contributed by atoms with E-state index < -0.39 is 60.4 Å². The van der Waals surface area contributed by atoms with Crippen LogP contribution in [0.5, 0.6) is 0 Å². The summed E-state index contributed by atoms with van der Waals surface area (Å²) in [6, 6.07) is 0. The molecule has 0 spiro atoms. The van der Waals surface area contributed by atoms with Crippen molar-refractivity contribution in [2.24, 2.45) is 28.1 Å². The van der Waals surface area contributed by atoms with Gasteiger partial charge in [-0.1, -0.05) is 39.3 Å². The number of carbonyl (C=O) groups is 1. The molecule has 4 aliphatic rings. The third-order valence-corrected chi connectivity index (χ3v) is 9.72. The van der Waals surface area contributed by atoms with Crippen molar-refractivity contribution < 1.29 is 44.9 Å². The van der Waals surface area contributed by atoms with Gasteiger partial charge in [-0.15, -0.1) is 0 Å². The Kier molecular flexibility index (Phi) is 7.32. The van der Waals surface area contributed by atoms with Crippen LogP contribution in [0.3, 0.4) is 0 Å². The quantitative estimate of drug-likeness (QED) is 0.231. The Bertz CT molecular complexity index is 841. The molecule has 0 amide bonds. The Morgan fingerprint density at radius 1 is 1.09 bits per heavy atom. The monoisotopic (exact) mass is 498 g/mol. The van der Waals surface area contributed by atoms with Crippen LogP contribution in [0.25, 0.3) is 0 Å². The van der Waals surface area contributed by atoms with Crippen molar-refractivity contribution in [1.82, 2.24) is 0 Å². The molecule has 9 heteroatoms. The van der Waals surface area contributed by atoms with Crippen molar-refractivity contribution in [3.63, 3.8) is 0 Å². The second-order valence-electron chi connectivity index (χ2n) is 12.3. The van der Waals surface area contributed by atoms with Gasteiger partial charge in [0.1, 0.15) is 30.5 Å². The Morgan fingerprint density at radius 2 is 1.77 bits per heavy atom. The highest BCUT2D eigenvalue weighted by Gasteiger charge is 2.61. The highest BCUT2D eigenvalue weighted by Crippen LogP contribution is 2.63. The van der Waals surface area contributed by atoms with Crippen molar-refractivity contribution in [1.29, 1.82) is 0 Å². The fourth-order valence-electron chi connectivity index (χ4n) is 7.69. The average Bonchev–Trinajstić information content (AvgIpc) is 2.80. The van der Waals surface area contributed by atoms with Crippen LogP contribution in [0, 0.1) is 28.1 Å². The summed E-state index contributed by atoms with van der Waals surface area (Å²) in [5.41, 5.74) is -0.125. The molecule has 35 heavy (non-hydrogen) atoms. The molecule has 1 saturated heterocycles. The first-order valence-corrected chi connectivity index (χ1v) is 12.8. The summed E-state index contributed by atoms with van der Waals surface area (Å²) >= 11 is 0. The van der Waals surface area contributed by atoms with Crippen LogP contribution in [0.1, 0.15) is 59.8 Å². The maximum atomic E-state index is 13.6. The SMILES string of the molecule is CC1(C)[C@H]2CCC3=C[C@@](C)(C(O)CO)CC[C@H]3[C@]2(C)CC(=O)[C@@H]1O[C@@H]1O[C@H](CO)[C@@H](O)[C@H](O)[C@H]1O. The molecule has 11 atom stereocenters. The largest absolute Gasteiger partial charge is 0.394 e. The molecular weight excluding hydrogens is 456 g/mol. The highest BCUT2D eigenvalue weighted by atomic mass is 16.7. The maximum Gasteiger partial charge on any atom is 0.187 e. The zero-order chi connectivity index (χ0) is 25.9. The molecule has 0 aromatic carbocycles. The van der Waals surface area contributed by atoms with E-state index in [9.17, 15) is 35.4 Å². The number of fused-ring (bicyclic) bond motifs is 3. The number of ketones is 1. The van der Waals surface area contributed by atoms with E-state index in [4.69, 9.17) is 9.47 Å². The summed E-state index contributed by atoms with van der Waals surface area (Å²) in [6.07, 6.45) is -3.09. The lowest BCUT2D eigenvalue weighted by molar-refractivity contribution is -0.320. The van der Waals surface area contributed by atoms with Crippen molar-refractivity contribution in [2.75, 3.05) is 13.2 Å². The van der Waals surface area contributed by atoms with Crippen molar-refractivity contribution in [3.8, 4) is 0 Å². The lowest BCUT2D eigenvalue weighted by Crippen LogP contribution is -2.64. The topological polar surface area (TPSA) is 157 Å². The van der Waals surface area contributed by atoms with E-state index >= 15 is 0 Å². The maximum absolute atomic E-state index is 13.6. The van der Waals surface area contributed by atoms with Gasteiger partial charge in [0.05, 0.1) is 19.3 Å². The molecule has 9 nitrogen and oxygen atoms in total. The summed E-state index contributed by atoms with van der Waals surface area (Å²) < 4.78 is 11.6. The van der Waals surface area contributed by atoms with Gasteiger partial charge in [-0.25, -0.2) is 0 Å². The summed E-state index contributed by atoms with van der Waals surface area (Å²) in [5, 5.41) is 60.1. The summed E-state index contributed by atoms with van der Waals surface area (Å²) in [5.74, 6) is 0.226. The van der Waals surface area contributed by atoms with Gasteiger partial charge in [0.15, 0.2) is 12.1 Å². The molecule has 1 unspecified atom stereocenters. The smallest absolute Gasteiger partial charge is 0.187 e. The Balaban J connectivity index is 1.58. The molecule has 2 saturated carbocycles. The minimum absolute atomic E-state index is 0.101. The van der Waals surface area contributed by atoms with Crippen LogP contribution >= 0.6 is 0 Å². The number of aliphatic hydroxyl groups excluding tert-OH is 6. The van der Waals surface area contributed by atoms with E-state index in [-0.39, 0.29) is 29.6 Å². The van der Waals surface area contributed by atoms with Crippen LogP contribution in [0.2, 0.25) is 0 Å². The van der Waals surface area contributed by atoms with Gasteiger partial charge in [-0.2, -0.15) is 0 Å². The predicted molar refractivity (Wildman–Crippen MR) is 125 cm³/mol. The van der Waals surface area contributed by atoms with Crippen LogP contribution in [-0.2, 0) is 14.3 Å². The van der Waals surface area contributed by atoms with Crippen LogP contribution < -0.4 is 0 Å². The minimum atomic E-state index is -1.56. The number of aliphatic hydroxyl groups is 6. The first-order valence-electron chi connectivity index (χ1n) is 12.8. The first-order chi connectivity index (χ1) is 16.3. The lowest BCUT2D eigenvalue weighted by Gasteiger charge is -2.61. The Hall–Kier alpha value is -0.910. The Morgan fingerprint density at radius 3 is 2.40 bits per heavy atom. The summed E-state index contributed by atoms with van der Waals surface area (Å²) in [7, 11) is 0. The van der Waals surface area contributed by atoms with E-state index in [1.54, 1.807) is 0 Å². The minimum Gasteiger partial charge on any atom is -0.394 e. The second kappa shape index (κ2) is 9.44. The van der Waals surface area contributed by atoms with Crippen molar-refractivity contribution in [2.45, 2.75) is 103 Å². The van der Waals surface area contributed by atoms with E-state index in [1.807, 2.05) is 20.8 Å². The molecule has 6 N–H and O–H groups in total. The van der Waals surface area contributed by atoms with Gasteiger partial charge in [-0.3, -0.25) is 4.79 Å². The molecular formula is C26H42O9. The molecule has 0 radical (unpaired) electrons. The van der Waals surface area contributed by atoms with Crippen LogP contribution in [0.15, 0.2) is 11.6 Å². The van der Waals surface area contributed by atoms with Crippen LogP contribution in [-0.4, -0.2) is 92.5 Å². The van der Waals surface area contributed by atoms with E-state index in [2.05, 4.69) is 13.0 Å². The third kappa shape index (κ3) is 4.32. The first kappa shape index (κ1) is 27.1. The van der Waals surface area contributed by atoms with Gasteiger partial charge >= 0.3 is 0 Å². The summed E-state index contributed by atoms with van der Waals surface area (Å²) in [4.78, 5) is 13.6. The van der Waals surface area contributed by atoms with Gasteiger partial charge in [0.2, 0.25) is 0 Å². The second-order valence-corrected chi connectivity index (χ2v) is 12.3. The van der Waals surface area contributed by atoms with E-state index in [0.29, 0.717) is 6.42 Å². The number of Topliss-reactive ketones (excluding diaryl/α,β-unsaturated/α-hetero) is 1. The molecule has 1 aliphatic heterocycles. The van der Waals surface area contributed by atoms with E-state index in [0.717, 1.165) is 25.7 Å². The highest BCUT2D eigenvalue weighted by molar-refractivity contribution is 5.86.